The molecule has 0 spiro atoms. The molecule has 3 aromatic carbocycles. The number of carbonyl (C=O) groups excluding carboxylic acids is 2. The van der Waals surface area contributed by atoms with Crippen LogP contribution in [0.4, 0.5) is 5.69 Å². The molecule has 10 nitrogen and oxygen atoms in total. The second-order valence-electron chi connectivity index (χ2n) is 9.14. The minimum absolute atomic E-state index is 0.0649. The molecule has 1 N–H and O–H groups in total. The molecule has 0 unspecified atom stereocenters. The second kappa shape index (κ2) is 14.8. The smallest absolute Gasteiger partial charge is 0.264 e. The molecule has 226 valence electrons. The summed E-state index contributed by atoms with van der Waals surface area (Å²) < 4.78 is 45.4. The van der Waals surface area contributed by atoms with Crippen LogP contribution in [-0.2, 0) is 26.2 Å². The highest BCUT2D eigenvalue weighted by atomic mass is 35.5. The van der Waals surface area contributed by atoms with Crippen LogP contribution in [0, 0.1) is 0 Å². The van der Waals surface area contributed by atoms with Gasteiger partial charge in [0.25, 0.3) is 10.0 Å². The van der Waals surface area contributed by atoms with E-state index in [-0.39, 0.29) is 28.8 Å². The number of hydrogen-bond acceptors (Lipinski definition) is 7. The molecule has 1 atom stereocenters. The Morgan fingerprint density at radius 2 is 1.57 bits per heavy atom. The van der Waals surface area contributed by atoms with Gasteiger partial charge in [0.05, 0.1) is 31.4 Å². The number of rotatable bonds is 14. The van der Waals surface area contributed by atoms with E-state index in [1.54, 1.807) is 55.5 Å². The third-order valence-electron chi connectivity index (χ3n) is 6.56. The van der Waals surface area contributed by atoms with Gasteiger partial charge in [0, 0.05) is 24.7 Å². The average molecular weight is 618 g/mol. The van der Waals surface area contributed by atoms with E-state index in [4.69, 9.17) is 25.8 Å². The Morgan fingerprint density at radius 1 is 0.929 bits per heavy atom. The summed E-state index contributed by atoms with van der Waals surface area (Å²) in [7, 11) is 0.0294. The van der Waals surface area contributed by atoms with Crippen molar-refractivity contribution in [2.45, 2.75) is 37.8 Å². The van der Waals surface area contributed by atoms with Crippen molar-refractivity contribution >= 4 is 39.1 Å². The third kappa shape index (κ3) is 7.65. The molecule has 0 saturated carbocycles. The van der Waals surface area contributed by atoms with Crippen molar-refractivity contribution in [2.24, 2.45) is 0 Å². The maximum absolute atomic E-state index is 14.1. The van der Waals surface area contributed by atoms with Gasteiger partial charge in [-0.05, 0) is 67.4 Å². The number of anilines is 1. The van der Waals surface area contributed by atoms with Gasteiger partial charge in [-0.2, -0.15) is 0 Å². The number of methoxy groups -OCH3 is 2. The van der Waals surface area contributed by atoms with Gasteiger partial charge in [0.15, 0.2) is 11.5 Å². The van der Waals surface area contributed by atoms with Gasteiger partial charge >= 0.3 is 0 Å². The lowest BCUT2D eigenvalue weighted by atomic mass is 10.1. The number of amides is 2. The van der Waals surface area contributed by atoms with Gasteiger partial charge in [-0.1, -0.05) is 30.7 Å². The highest BCUT2D eigenvalue weighted by molar-refractivity contribution is 7.92. The number of halogens is 1. The van der Waals surface area contributed by atoms with Crippen LogP contribution in [0.1, 0.15) is 25.8 Å². The fraction of sp³-hybridized carbons (Fsp3) is 0.333. The zero-order valence-corrected chi connectivity index (χ0v) is 25.9. The van der Waals surface area contributed by atoms with E-state index in [1.165, 1.54) is 44.4 Å². The summed E-state index contributed by atoms with van der Waals surface area (Å²) in [5, 5.41) is 3.13. The summed E-state index contributed by atoms with van der Waals surface area (Å²) in [6, 6.07) is 16.6. The first kappa shape index (κ1) is 32.6. The first-order chi connectivity index (χ1) is 20.1. The fourth-order valence-electron chi connectivity index (χ4n) is 4.38. The summed E-state index contributed by atoms with van der Waals surface area (Å²) in [6.45, 7) is 3.54. The molecular weight excluding hydrogens is 582 g/mol. The van der Waals surface area contributed by atoms with Crippen molar-refractivity contribution in [3.8, 4) is 17.2 Å². The predicted molar refractivity (Wildman–Crippen MR) is 162 cm³/mol. The van der Waals surface area contributed by atoms with Gasteiger partial charge in [-0.3, -0.25) is 13.9 Å². The number of ether oxygens (including phenoxy) is 3. The van der Waals surface area contributed by atoms with Gasteiger partial charge in [-0.15, -0.1) is 0 Å². The molecule has 0 fully saturated rings. The number of hydrogen-bond donors (Lipinski definition) is 1. The Hall–Kier alpha value is -3.96. The Kier molecular flexibility index (Phi) is 11.5. The topological polar surface area (TPSA) is 114 Å². The quantitative estimate of drug-likeness (QED) is 0.283. The monoisotopic (exact) mass is 617 g/mol. The van der Waals surface area contributed by atoms with Crippen LogP contribution in [0.3, 0.4) is 0 Å². The predicted octanol–water partition coefficient (Wildman–Crippen LogP) is 4.50. The van der Waals surface area contributed by atoms with Crippen LogP contribution in [0.25, 0.3) is 0 Å². The number of sulfonamides is 1. The lowest BCUT2D eigenvalue weighted by Crippen LogP contribution is -2.51. The van der Waals surface area contributed by atoms with E-state index in [9.17, 15) is 18.0 Å². The first-order valence-electron chi connectivity index (χ1n) is 13.3. The molecule has 0 heterocycles. The number of benzene rings is 3. The molecular formula is C30H36ClN3O7S. The van der Waals surface area contributed by atoms with Crippen molar-refractivity contribution < 1.29 is 32.2 Å². The number of likely N-dealkylation sites (N-methyl/N-ethyl adjacent to an activating group) is 1. The SMILES string of the molecule is CCOc1ccc(N(CC(=O)N(Cc2ccc(Cl)cc2)[C@@H](CC)C(=O)NC)S(=O)(=O)c2ccc(OC)c(OC)c2)cc1. The first-order valence-corrected chi connectivity index (χ1v) is 15.1. The number of carbonyl (C=O) groups is 2. The van der Waals surface area contributed by atoms with Crippen LogP contribution in [0.5, 0.6) is 17.2 Å². The molecule has 0 aliphatic rings. The second-order valence-corrected chi connectivity index (χ2v) is 11.4. The highest BCUT2D eigenvalue weighted by Gasteiger charge is 2.34. The zero-order valence-electron chi connectivity index (χ0n) is 24.3. The molecule has 42 heavy (non-hydrogen) atoms. The number of nitrogens with one attached hydrogen (secondary N) is 1. The zero-order chi connectivity index (χ0) is 30.9. The van der Waals surface area contributed by atoms with E-state index in [0.29, 0.717) is 29.5 Å². The van der Waals surface area contributed by atoms with Gasteiger partial charge in [0.1, 0.15) is 18.3 Å². The van der Waals surface area contributed by atoms with Gasteiger partial charge < -0.3 is 24.4 Å². The molecule has 3 rings (SSSR count). The lowest BCUT2D eigenvalue weighted by Gasteiger charge is -2.33. The van der Waals surface area contributed by atoms with Crippen LogP contribution < -0.4 is 23.8 Å². The standard InChI is InChI=1S/C30H36ClN3O7S/c1-6-26(30(36)32-3)33(19-21-8-10-22(31)11-9-21)29(35)20-34(23-12-14-24(15-13-23)41-7-2)42(37,38)25-16-17-27(39-4)28(18-25)40-5/h8-18,26H,6-7,19-20H2,1-5H3,(H,32,36)/t26-/m0/s1. The highest BCUT2D eigenvalue weighted by Crippen LogP contribution is 2.33. The molecule has 0 saturated heterocycles. The summed E-state index contributed by atoms with van der Waals surface area (Å²) >= 11 is 6.05. The number of nitrogens with zero attached hydrogens (tertiary/aromatic N) is 2. The van der Waals surface area contributed by atoms with Crippen LogP contribution in [-0.4, -0.2) is 65.6 Å². The Balaban J connectivity index is 2.10. The van der Waals surface area contributed by atoms with E-state index >= 15 is 0 Å². The average Bonchev–Trinajstić information content (AvgIpc) is 3.00. The van der Waals surface area contributed by atoms with E-state index < -0.39 is 28.5 Å². The molecule has 2 amide bonds. The molecule has 0 aromatic heterocycles. The summed E-state index contributed by atoms with van der Waals surface area (Å²) in [5.41, 5.74) is 0.964. The van der Waals surface area contributed by atoms with Crippen molar-refractivity contribution in [1.82, 2.24) is 10.2 Å². The molecule has 0 bridgehead atoms. The fourth-order valence-corrected chi connectivity index (χ4v) is 5.94. The van der Waals surface area contributed by atoms with Crippen molar-refractivity contribution in [2.75, 3.05) is 38.7 Å². The van der Waals surface area contributed by atoms with Crippen molar-refractivity contribution in [1.29, 1.82) is 0 Å². The van der Waals surface area contributed by atoms with Crippen LogP contribution in [0.2, 0.25) is 5.02 Å². The third-order valence-corrected chi connectivity index (χ3v) is 8.58. The van der Waals surface area contributed by atoms with E-state index in [1.807, 2.05) is 6.92 Å². The summed E-state index contributed by atoms with van der Waals surface area (Å²) in [4.78, 5) is 28.1. The minimum Gasteiger partial charge on any atom is -0.494 e. The van der Waals surface area contributed by atoms with E-state index in [2.05, 4.69) is 5.32 Å². The summed E-state index contributed by atoms with van der Waals surface area (Å²) in [5.74, 6) is 0.178. The van der Waals surface area contributed by atoms with Gasteiger partial charge in [-0.25, -0.2) is 8.42 Å². The maximum atomic E-state index is 14.1. The minimum atomic E-state index is -4.31. The van der Waals surface area contributed by atoms with Gasteiger partial charge in [0.2, 0.25) is 11.8 Å². The molecule has 12 heteroatoms. The Bertz CT molecular complexity index is 1470. The van der Waals surface area contributed by atoms with Crippen LogP contribution in [0.15, 0.2) is 71.6 Å². The maximum Gasteiger partial charge on any atom is 0.264 e. The molecule has 0 radical (unpaired) electrons. The van der Waals surface area contributed by atoms with E-state index in [0.717, 1.165) is 9.87 Å². The molecule has 0 aliphatic heterocycles. The Morgan fingerprint density at radius 3 is 2.12 bits per heavy atom. The summed E-state index contributed by atoms with van der Waals surface area (Å²) in [6.07, 6.45) is 0.310. The Labute approximate surface area is 252 Å². The van der Waals surface area contributed by atoms with Crippen molar-refractivity contribution in [3.05, 3.63) is 77.3 Å². The lowest BCUT2D eigenvalue weighted by molar-refractivity contribution is -0.140. The van der Waals surface area contributed by atoms with Crippen LogP contribution >= 0.6 is 11.6 Å². The normalized spacial score (nSPS) is 11.8. The molecule has 0 aliphatic carbocycles. The van der Waals surface area contributed by atoms with Crippen molar-refractivity contribution in [3.63, 3.8) is 0 Å². The molecule has 3 aromatic rings. The largest absolute Gasteiger partial charge is 0.494 e.